The normalized spacial score (nSPS) is 17.7. The fourth-order valence-electron chi connectivity index (χ4n) is 8.91. The van der Waals surface area contributed by atoms with Crippen molar-refractivity contribution in [2.24, 2.45) is 23.7 Å². The molecular weight excluding hydrogens is 921 g/mol. The van der Waals surface area contributed by atoms with Gasteiger partial charge in [0, 0.05) is 65.1 Å². The lowest BCUT2D eigenvalue weighted by atomic mass is 9.82. The summed E-state index contributed by atoms with van der Waals surface area (Å²) in [5.41, 5.74) is 0. The third-order valence-electron chi connectivity index (χ3n) is 12.5. The van der Waals surface area contributed by atoms with Crippen LogP contribution in [-0.4, -0.2) is 116 Å². The van der Waals surface area contributed by atoms with E-state index in [4.69, 9.17) is 47.4 Å². The van der Waals surface area contributed by atoms with Crippen LogP contribution in [0.15, 0.2) is 86.0 Å². The molecule has 0 saturated heterocycles. The Hall–Kier alpha value is -4.76. The zero-order valence-electron chi connectivity index (χ0n) is 44.3. The van der Waals surface area contributed by atoms with E-state index in [-0.39, 0.29) is 64.4 Å². The van der Waals surface area contributed by atoms with Gasteiger partial charge in [-0.15, -0.1) is 0 Å². The quantitative estimate of drug-likeness (QED) is 0.0278. The maximum atomic E-state index is 12.2. The highest BCUT2D eigenvalue weighted by molar-refractivity contribution is 5.81. The summed E-state index contributed by atoms with van der Waals surface area (Å²) in [4.78, 5) is 45.8. The number of hydrogen-bond donors (Lipinski definition) is 0. The van der Waals surface area contributed by atoms with Crippen LogP contribution in [0.1, 0.15) is 130 Å². The van der Waals surface area contributed by atoms with E-state index >= 15 is 0 Å². The number of esters is 4. The third-order valence-corrected chi connectivity index (χ3v) is 12.5. The van der Waals surface area contributed by atoms with Gasteiger partial charge in [0.15, 0.2) is 12.2 Å². The van der Waals surface area contributed by atoms with E-state index in [9.17, 15) is 19.2 Å². The van der Waals surface area contributed by atoms with Crippen molar-refractivity contribution in [1.29, 1.82) is 0 Å². The number of methoxy groups -OCH3 is 1. The number of unbranched alkanes of at least 4 members (excludes halogenated alkanes) is 5. The molecule has 6 unspecified atom stereocenters. The molecule has 3 aliphatic carbocycles. The van der Waals surface area contributed by atoms with Crippen molar-refractivity contribution in [3.63, 3.8) is 0 Å². The van der Waals surface area contributed by atoms with Crippen LogP contribution in [0, 0.1) is 23.7 Å². The average Bonchev–Trinajstić information content (AvgIpc) is 4.17. The van der Waals surface area contributed by atoms with Gasteiger partial charge in [0.25, 0.3) is 0 Å². The first-order valence-corrected chi connectivity index (χ1v) is 26.7. The maximum Gasteiger partial charge on any atom is 0.330 e. The van der Waals surface area contributed by atoms with E-state index < -0.39 is 24.1 Å². The summed E-state index contributed by atoms with van der Waals surface area (Å²) in [6.07, 6.45) is 19.2. The minimum Gasteiger partial charge on any atom is -0.490 e. The summed E-state index contributed by atoms with van der Waals surface area (Å²) in [7, 11) is 1.54. The van der Waals surface area contributed by atoms with Crippen LogP contribution in [0.2, 0.25) is 0 Å². The molecule has 2 bridgehead atoms. The molecule has 3 fully saturated rings. The van der Waals surface area contributed by atoms with E-state index in [1.165, 1.54) is 50.0 Å². The minimum atomic E-state index is -0.497. The predicted octanol–water partition coefficient (Wildman–Crippen LogP) is 11.3. The zero-order chi connectivity index (χ0) is 52.3. The second kappa shape index (κ2) is 42.7. The van der Waals surface area contributed by atoms with E-state index in [1.807, 2.05) is 74.5 Å². The topological polar surface area (TPSA) is 161 Å². The highest BCUT2D eigenvalue weighted by Crippen LogP contribution is 2.58. The van der Waals surface area contributed by atoms with E-state index in [2.05, 4.69) is 20.1 Å². The van der Waals surface area contributed by atoms with Gasteiger partial charge in [0.2, 0.25) is 0 Å². The molecule has 72 heavy (non-hydrogen) atoms. The van der Waals surface area contributed by atoms with Crippen LogP contribution in [-0.2, 0) is 57.1 Å². The van der Waals surface area contributed by atoms with Crippen LogP contribution < -0.4 is 9.47 Å². The standard InChI is InChI=1S/C23H34O7.C18H24O6.C10H16.C7H16O/c1-3-22(24)28-17-9-8-14-23(25)30-21(18-27-16-11-10-15-26-4-2)19-29-20-12-6-5-7-13-20;1-3-17(19)22-12-8-7-11-18(20)24-16(13-21-2)14-23-15-9-5-4-6-10-15;1-2-9-7-4-5-8(6-7)10(9)3-1;1-3-5-6-7-8-4-2/h3,5-7,12-13,21H,1,4,8-11,14-19H2,2H3;3-6,9-10,16H,1,7-8,11-14H2,2H3;7-10H,1-6H2;3-7H2,1-2H3. The number of fused-ring (bicyclic) bond motifs is 5. The van der Waals surface area contributed by atoms with Crippen LogP contribution >= 0.6 is 0 Å². The molecule has 14 nitrogen and oxygen atoms in total. The van der Waals surface area contributed by atoms with Crippen molar-refractivity contribution in [2.45, 2.75) is 142 Å². The lowest BCUT2D eigenvalue weighted by Crippen LogP contribution is -2.30. The number of hydrogen-bond acceptors (Lipinski definition) is 14. The number of carbonyl (C=O) groups is 4. The van der Waals surface area contributed by atoms with Gasteiger partial charge < -0.3 is 47.4 Å². The third kappa shape index (κ3) is 31.0. The summed E-state index contributed by atoms with van der Waals surface area (Å²) in [5.74, 6) is 4.63. The average molecular weight is 1010 g/mol. The lowest BCUT2D eigenvalue weighted by molar-refractivity contribution is -0.155. The smallest absolute Gasteiger partial charge is 0.330 e. The van der Waals surface area contributed by atoms with Gasteiger partial charge >= 0.3 is 23.9 Å². The molecule has 406 valence electrons. The Balaban J connectivity index is 0.000000369. The highest BCUT2D eigenvalue weighted by atomic mass is 16.6. The molecule has 0 aromatic heterocycles. The Morgan fingerprint density at radius 2 is 0.972 bits per heavy atom. The Bertz CT molecular complexity index is 1670. The van der Waals surface area contributed by atoms with E-state index in [0.717, 1.165) is 44.8 Å². The number of benzene rings is 2. The number of ether oxygens (including phenoxy) is 10. The molecule has 3 aliphatic rings. The predicted molar refractivity (Wildman–Crippen MR) is 280 cm³/mol. The highest BCUT2D eigenvalue weighted by Gasteiger charge is 2.48. The molecule has 14 heteroatoms. The van der Waals surface area contributed by atoms with Gasteiger partial charge in [-0.05, 0) is 139 Å². The van der Waals surface area contributed by atoms with Gasteiger partial charge in [-0.3, -0.25) is 9.59 Å². The molecule has 2 aromatic rings. The number of rotatable bonds is 35. The molecule has 0 amide bonds. The van der Waals surface area contributed by atoms with Crippen molar-refractivity contribution in [3.8, 4) is 11.5 Å². The second-order valence-electron chi connectivity index (χ2n) is 18.1. The molecule has 6 atom stereocenters. The molecule has 0 spiro atoms. The molecule has 0 aliphatic heterocycles. The number of para-hydroxylation sites is 2. The number of carbonyl (C=O) groups excluding carboxylic acids is 4. The molecule has 5 rings (SSSR count). The van der Waals surface area contributed by atoms with Gasteiger partial charge in [0.1, 0.15) is 24.7 Å². The summed E-state index contributed by atoms with van der Waals surface area (Å²) in [6, 6.07) is 18.6. The summed E-state index contributed by atoms with van der Waals surface area (Å²) < 4.78 is 53.0. The van der Waals surface area contributed by atoms with E-state index in [1.54, 1.807) is 38.5 Å². The van der Waals surface area contributed by atoms with Crippen molar-refractivity contribution in [2.75, 3.05) is 79.8 Å². The van der Waals surface area contributed by atoms with Crippen molar-refractivity contribution >= 4 is 23.9 Å². The fraction of sp³-hybridized carbons (Fsp3) is 0.655. The summed E-state index contributed by atoms with van der Waals surface area (Å²) in [6.45, 7) is 18.1. The SMILES string of the molecule is C1CC2C3CCC(C3)C2C1.C=CC(=O)OCCCCC(=O)OC(COC)COc1ccccc1.C=CC(=O)OCCCCC(=O)OC(COCCCCOCC)COc1ccccc1.CCCCCOCC. The monoisotopic (exact) mass is 1010 g/mol. The van der Waals surface area contributed by atoms with Crippen LogP contribution in [0.4, 0.5) is 0 Å². The fourth-order valence-corrected chi connectivity index (χ4v) is 8.91. The Kier molecular flexibility index (Phi) is 37.6. The minimum absolute atomic E-state index is 0.214. The Morgan fingerprint density at radius 3 is 1.40 bits per heavy atom. The second-order valence-corrected chi connectivity index (χ2v) is 18.1. The molecule has 3 saturated carbocycles. The van der Waals surface area contributed by atoms with Crippen LogP contribution in [0.3, 0.4) is 0 Å². The first kappa shape index (κ1) is 63.4. The molecular formula is C58H90O14. The first-order chi connectivity index (χ1) is 35.2. The van der Waals surface area contributed by atoms with Gasteiger partial charge in [0.05, 0.1) is 26.4 Å². The Labute approximate surface area is 432 Å². The lowest BCUT2D eigenvalue weighted by Gasteiger charge is -2.23. The van der Waals surface area contributed by atoms with Crippen molar-refractivity contribution in [3.05, 3.63) is 86.0 Å². The molecule has 0 heterocycles. The first-order valence-electron chi connectivity index (χ1n) is 26.7. The van der Waals surface area contributed by atoms with Gasteiger partial charge in [-0.2, -0.15) is 0 Å². The van der Waals surface area contributed by atoms with E-state index in [0.29, 0.717) is 50.4 Å². The largest absolute Gasteiger partial charge is 0.490 e. The van der Waals surface area contributed by atoms with Gasteiger partial charge in [-0.25, -0.2) is 9.59 Å². The van der Waals surface area contributed by atoms with Crippen LogP contribution in [0.25, 0.3) is 0 Å². The molecule has 0 radical (unpaired) electrons. The summed E-state index contributed by atoms with van der Waals surface area (Å²) in [5, 5.41) is 0. The molecule has 0 N–H and O–H groups in total. The van der Waals surface area contributed by atoms with Gasteiger partial charge in [-0.1, -0.05) is 75.7 Å². The maximum absolute atomic E-state index is 12.2. The van der Waals surface area contributed by atoms with Crippen LogP contribution in [0.5, 0.6) is 11.5 Å². The van der Waals surface area contributed by atoms with Crippen molar-refractivity contribution < 1.29 is 66.5 Å². The Morgan fingerprint density at radius 1 is 0.542 bits per heavy atom. The molecule has 2 aromatic carbocycles. The zero-order valence-corrected chi connectivity index (χ0v) is 44.3. The summed E-state index contributed by atoms with van der Waals surface area (Å²) >= 11 is 0. The van der Waals surface area contributed by atoms with Crippen molar-refractivity contribution in [1.82, 2.24) is 0 Å².